The molecule has 0 saturated carbocycles. The first-order chi connectivity index (χ1) is 6.63. The van der Waals surface area contributed by atoms with Gasteiger partial charge in [-0.1, -0.05) is 0 Å². The molecule has 1 aromatic heterocycles. The van der Waals surface area contributed by atoms with Gasteiger partial charge in [-0.2, -0.15) is 0 Å². The first-order valence-electron chi connectivity index (χ1n) is 4.52. The van der Waals surface area contributed by atoms with Crippen molar-refractivity contribution in [3.05, 3.63) is 22.3 Å². The van der Waals surface area contributed by atoms with Crippen molar-refractivity contribution >= 4 is 21.7 Å². The number of hydrogen-bond acceptors (Lipinski definition) is 3. The van der Waals surface area contributed by atoms with E-state index in [0.717, 1.165) is 22.4 Å². The number of nitrogens with zero attached hydrogens (tertiary/aromatic N) is 1. The Morgan fingerprint density at radius 3 is 2.93 bits per heavy atom. The Labute approximate surface area is 93.0 Å². The van der Waals surface area contributed by atoms with Crippen LogP contribution in [-0.2, 0) is 4.74 Å². The number of anilines is 1. The summed E-state index contributed by atoms with van der Waals surface area (Å²) in [4.78, 5) is 4.27. The molecule has 0 spiro atoms. The third-order valence-corrected chi connectivity index (χ3v) is 2.54. The zero-order valence-electron chi connectivity index (χ0n) is 8.67. The number of pyridine rings is 1. The van der Waals surface area contributed by atoms with Crippen LogP contribution in [0.2, 0.25) is 0 Å². The minimum atomic E-state index is 0.185. The van der Waals surface area contributed by atoms with Crippen LogP contribution in [-0.4, -0.2) is 24.7 Å². The van der Waals surface area contributed by atoms with Crippen molar-refractivity contribution in [1.29, 1.82) is 0 Å². The van der Waals surface area contributed by atoms with Crippen molar-refractivity contribution in [3.8, 4) is 0 Å². The van der Waals surface area contributed by atoms with Gasteiger partial charge in [-0.15, -0.1) is 0 Å². The quantitative estimate of drug-likeness (QED) is 0.902. The van der Waals surface area contributed by atoms with E-state index in [2.05, 4.69) is 26.2 Å². The van der Waals surface area contributed by atoms with Gasteiger partial charge in [0.15, 0.2) is 0 Å². The predicted molar refractivity (Wildman–Crippen MR) is 61.6 cm³/mol. The Hall–Kier alpha value is -0.610. The zero-order valence-corrected chi connectivity index (χ0v) is 10.3. The van der Waals surface area contributed by atoms with Gasteiger partial charge in [0, 0.05) is 19.9 Å². The minimum Gasteiger partial charge on any atom is -0.380 e. The van der Waals surface area contributed by atoms with Gasteiger partial charge in [-0.05, 0) is 41.4 Å². The van der Waals surface area contributed by atoms with E-state index in [1.165, 1.54) is 0 Å². The molecule has 14 heavy (non-hydrogen) atoms. The molecule has 3 nitrogen and oxygen atoms in total. The maximum Gasteiger partial charge on any atom is 0.140 e. The van der Waals surface area contributed by atoms with E-state index in [0.29, 0.717) is 0 Å². The summed E-state index contributed by atoms with van der Waals surface area (Å²) in [5.41, 5.74) is 1.14. The highest BCUT2D eigenvalue weighted by Crippen LogP contribution is 2.20. The van der Waals surface area contributed by atoms with E-state index in [9.17, 15) is 0 Å². The van der Waals surface area contributed by atoms with Gasteiger partial charge in [0.1, 0.15) is 5.82 Å². The fraction of sp³-hybridized carbons (Fsp3) is 0.500. The van der Waals surface area contributed by atoms with E-state index in [-0.39, 0.29) is 6.10 Å². The molecule has 0 saturated heterocycles. The molecule has 1 rings (SSSR count). The largest absolute Gasteiger partial charge is 0.380 e. The molecule has 0 aliphatic rings. The fourth-order valence-electron chi connectivity index (χ4n) is 0.987. The molecule has 78 valence electrons. The monoisotopic (exact) mass is 258 g/mol. The maximum absolute atomic E-state index is 5.13. The van der Waals surface area contributed by atoms with Crippen LogP contribution in [0.1, 0.15) is 12.5 Å². The molecule has 1 aromatic rings. The Bertz CT molecular complexity index is 304. The molecular formula is C10H15BrN2O. The van der Waals surface area contributed by atoms with Gasteiger partial charge in [-0.3, -0.25) is 0 Å². The highest BCUT2D eigenvalue weighted by molar-refractivity contribution is 9.10. The van der Waals surface area contributed by atoms with Crippen LogP contribution in [0.5, 0.6) is 0 Å². The number of aromatic nitrogens is 1. The average molecular weight is 259 g/mol. The summed E-state index contributed by atoms with van der Waals surface area (Å²) in [6, 6.07) is 2.03. The summed E-state index contributed by atoms with van der Waals surface area (Å²) in [7, 11) is 1.70. The summed E-state index contributed by atoms with van der Waals surface area (Å²) < 4.78 is 6.12. The standard InChI is InChI=1S/C10H15BrN2O/c1-7-4-9(11)10(12-5-7)13-6-8(2)14-3/h4-5,8H,6H2,1-3H3,(H,12,13). The molecule has 0 aromatic carbocycles. The second kappa shape index (κ2) is 5.32. The highest BCUT2D eigenvalue weighted by atomic mass is 79.9. The van der Waals surface area contributed by atoms with Crippen LogP contribution >= 0.6 is 15.9 Å². The predicted octanol–water partition coefficient (Wildman–Crippen LogP) is 2.60. The molecule has 1 atom stereocenters. The summed E-state index contributed by atoms with van der Waals surface area (Å²) in [5.74, 6) is 0.861. The third kappa shape index (κ3) is 3.27. The SMILES string of the molecule is COC(C)CNc1ncc(C)cc1Br. The number of aryl methyl sites for hydroxylation is 1. The van der Waals surface area contributed by atoms with Gasteiger partial charge >= 0.3 is 0 Å². The van der Waals surface area contributed by atoms with Crippen molar-refractivity contribution < 1.29 is 4.74 Å². The van der Waals surface area contributed by atoms with E-state index in [1.807, 2.05) is 26.1 Å². The molecule has 4 heteroatoms. The molecule has 0 aliphatic carbocycles. The lowest BCUT2D eigenvalue weighted by atomic mass is 10.3. The summed E-state index contributed by atoms with van der Waals surface area (Å²) in [6.07, 6.45) is 2.02. The fourth-order valence-corrected chi connectivity index (χ4v) is 1.59. The summed E-state index contributed by atoms with van der Waals surface area (Å²) >= 11 is 3.45. The van der Waals surface area contributed by atoms with E-state index < -0.39 is 0 Å². The van der Waals surface area contributed by atoms with E-state index in [1.54, 1.807) is 7.11 Å². The van der Waals surface area contributed by atoms with Crippen LogP contribution in [0.15, 0.2) is 16.7 Å². The lowest BCUT2D eigenvalue weighted by Gasteiger charge is -2.12. The van der Waals surface area contributed by atoms with Crippen LogP contribution in [0.25, 0.3) is 0 Å². The van der Waals surface area contributed by atoms with Gasteiger partial charge in [-0.25, -0.2) is 4.98 Å². The van der Waals surface area contributed by atoms with Crippen molar-refractivity contribution in [2.24, 2.45) is 0 Å². The number of ether oxygens (including phenoxy) is 1. The normalized spacial score (nSPS) is 12.6. The Morgan fingerprint density at radius 1 is 1.64 bits per heavy atom. The second-order valence-corrected chi connectivity index (χ2v) is 4.12. The van der Waals surface area contributed by atoms with Crippen molar-refractivity contribution in [1.82, 2.24) is 4.98 Å². The van der Waals surface area contributed by atoms with Crippen LogP contribution in [0, 0.1) is 6.92 Å². The van der Waals surface area contributed by atoms with Crippen molar-refractivity contribution in [3.63, 3.8) is 0 Å². The van der Waals surface area contributed by atoms with Crippen LogP contribution < -0.4 is 5.32 Å². The van der Waals surface area contributed by atoms with Crippen LogP contribution in [0.4, 0.5) is 5.82 Å². The molecule has 1 unspecified atom stereocenters. The van der Waals surface area contributed by atoms with E-state index >= 15 is 0 Å². The lowest BCUT2D eigenvalue weighted by Crippen LogP contribution is -2.18. The van der Waals surface area contributed by atoms with E-state index in [4.69, 9.17) is 4.74 Å². The Kier molecular flexibility index (Phi) is 4.35. The molecule has 0 fully saturated rings. The third-order valence-electron chi connectivity index (χ3n) is 1.94. The molecule has 1 N–H and O–H groups in total. The van der Waals surface area contributed by atoms with Gasteiger partial charge < -0.3 is 10.1 Å². The lowest BCUT2D eigenvalue weighted by molar-refractivity contribution is 0.128. The molecule has 0 aliphatic heterocycles. The maximum atomic E-state index is 5.13. The summed E-state index contributed by atoms with van der Waals surface area (Å²) in [5, 5.41) is 3.21. The molecule has 0 radical (unpaired) electrons. The number of methoxy groups -OCH3 is 1. The molecule has 0 amide bonds. The first kappa shape index (κ1) is 11.5. The molecular weight excluding hydrogens is 244 g/mol. The topological polar surface area (TPSA) is 34.1 Å². The molecule has 1 heterocycles. The summed E-state index contributed by atoms with van der Waals surface area (Å²) in [6.45, 7) is 4.78. The molecule has 0 bridgehead atoms. The Balaban J connectivity index is 2.59. The van der Waals surface area contributed by atoms with Gasteiger partial charge in [0.05, 0.1) is 10.6 Å². The number of nitrogens with one attached hydrogen (secondary N) is 1. The number of halogens is 1. The minimum absolute atomic E-state index is 0.185. The Morgan fingerprint density at radius 2 is 2.36 bits per heavy atom. The smallest absolute Gasteiger partial charge is 0.140 e. The van der Waals surface area contributed by atoms with Crippen molar-refractivity contribution in [2.45, 2.75) is 20.0 Å². The first-order valence-corrected chi connectivity index (χ1v) is 5.31. The average Bonchev–Trinajstić information content (AvgIpc) is 2.16. The van der Waals surface area contributed by atoms with Gasteiger partial charge in [0.2, 0.25) is 0 Å². The number of hydrogen-bond donors (Lipinski definition) is 1. The highest BCUT2D eigenvalue weighted by Gasteiger charge is 2.03. The van der Waals surface area contributed by atoms with Crippen LogP contribution in [0.3, 0.4) is 0 Å². The second-order valence-electron chi connectivity index (χ2n) is 3.27. The van der Waals surface area contributed by atoms with Gasteiger partial charge in [0.25, 0.3) is 0 Å². The number of rotatable bonds is 4. The zero-order chi connectivity index (χ0) is 10.6. The van der Waals surface area contributed by atoms with Crippen molar-refractivity contribution in [2.75, 3.05) is 19.0 Å².